The van der Waals surface area contributed by atoms with Crippen molar-refractivity contribution in [2.24, 2.45) is 5.92 Å². The summed E-state index contributed by atoms with van der Waals surface area (Å²) in [5.74, 6) is -1.57. The van der Waals surface area contributed by atoms with Crippen LogP contribution in [0, 0.1) is 5.92 Å². The number of ether oxygens (including phenoxy) is 1. The zero-order valence-electron chi connectivity index (χ0n) is 16.0. The lowest BCUT2D eigenvalue weighted by atomic mass is 9.85. The van der Waals surface area contributed by atoms with Gasteiger partial charge in [-0.15, -0.1) is 0 Å². The van der Waals surface area contributed by atoms with Gasteiger partial charge in [0.15, 0.2) is 6.61 Å². The van der Waals surface area contributed by atoms with Crippen LogP contribution in [0.2, 0.25) is 0 Å². The summed E-state index contributed by atoms with van der Waals surface area (Å²) in [6, 6.07) is 4.09. The van der Waals surface area contributed by atoms with E-state index >= 15 is 0 Å². The van der Waals surface area contributed by atoms with Crippen molar-refractivity contribution < 1.29 is 44.4 Å². The van der Waals surface area contributed by atoms with Gasteiger partial charge in [0, 0.05) is 0 Å². The molecule has 1 aromatic heterocycles. The molecule has 2 aromatic rings. The Labute approximate surface area is 172 Å². The van der Waals surface area contributed by atoms with Crippen LogP contribution in [0.15, 0.2) is 30.5 Å². The molecular weight excluding hydrogens is 438 g/mol. The number of imidazole rings is 1. The summed E-state index contributed by atoms with van der Waals surface area (Å²) in [6.45, 7) is -0.964. The highest BCUT2D eigenvalue weighted by atomic mass is 19.4. The average Bonchev–Trinajstić information content (AvgIpc) is 3.08. The zero-order valence-corrected chi connectivity index (χ0v) is 16.0. The van der Waals surface area contributed by atoms with E-state index in [-0.39, 0.29) is 43.2 Å². The van der Waals surface area contributed by atoms with Crippen molar-refractivity contribution in [1.82, 2.24) is 4.98 Å². The van der Waals surface area contributed by atoms with Gasteiger partial charge in [-0.3, -0.25) is 0 Å². The molecule has 0 unspecified atom stereocenters. The number of para-hydroxylation sites is 1. The highest BCUT2D eigenvalue weighted by molar-refractivity contribution is 5.58. The highest BCUT2D eigenvalue weighted by Crippen LogP contribution is 2.41. The maximum atomic E-state index is 13.3. The van der Waals surface area contributed by atoms with Crippen LogP contribution in [0.25, 0.3) is 0 Å². The van der Waals surface area contributed by atoms with Gasteiger partial charge < -0.3 is 4.74 Å². The maximum absolute atomic E-state index is 13.3. The van der Waals surface area contributed by atoms with Gasteiger partial charge in [0.25, 0.3) is 12.3 Å². The van der Waals surface area contributed by atoms with Crippen molar-refractivity contribution in [2.75, 3.05) is 11.9 Å². The van der Waals surface area contributed by atoms with Crippen LogP contribution in [0.3, 0.4) is 0 Å². The van der Waals surface area contributed by atoms with E-state index in [1.54, 1.807) is 0 Å². The van der Waals surface area contributed by atoms with Gasteiger partial charge in [-0.25, -0.2) is 19.1 Å². The van der Waals surface area contributed by atoms with Crippen molar-refractivity contribution in [3.8, 4) is 5.88 Å². The van der Waals surface area contributed by atoms with E-state index in [1.807, 2.05) is 0 Å². The van der Waals surface area contributed by atoms with Crippen LogP contribution in [0.5, 0.6) is 5.88 Å². The Bertz CT molecular complexity index is 870. The van der Waals surface area contributed by atoms with E-state index < -0.39 is 42.9 Å². The molecular formula is C19H20F8N3O+. The molecule has 3 rings (SSSR count). The number of aromatic amines is 1. The van der Waals surface area contributed by atoms with Crippen LogP contribution >= 0.6 is 0 Å². The van der Waals surface area contributed by atoms with Crippen molar-refractivity contribution >= 4 is 11.6 Å². The number of benzene rings is 1. The molecule has 0 spiro atoms. The molecule has 0 atom stereocenters. The number of rotatable bonds is 6. The number of hydrogen-bond donors (Lipinski definition) is 2. The molecule has 1 saturated carbocycles. The maximum Gasteiger partial charge on any atom is 0.419 e. The third kappa shape index (κ3) is 5.59. The van der Waals surface area contributed by atoms with Gasteiger partial charge in [0.05, 0.1) is 17.5 Å². The number of nitrogens with one attached hydrogen (secondary N) is 2. The van der Waals surface area contributed by atoms with E-state index in [0.717, 1.165) is 6.07 Å². The van der Waals surface area contributed by atoms with E-state index in [2.05, 4.69) is 10.3 Å². The fraction of sp³-hybridized carbons (Fsp3) is 0.526. The van der Waals surface area contributed by atoms with Crippen LogP contribution < -0.4 is 14.6 Å². The number of H-pyrrole nitrogens is 1. The first-order chi connectivity index (χ1) is 14.5. The monoisotopic (exact) mass is 458 g/mol. The van der Waals surface area contributed by atoms with Crippen molar-refractivity contribution in [1.29, 1.82) is 0 Å². The van der Waals surface area contributed by atoms with Crippen LogP contribution in [-0.2, 0) is 6.18 Å². The summed E-state index contributed by atoms with van der Waals surface area (Å²) < 4.78 is 110. The van der Waals surface area contributed by atoms with Gasteiger partial charge in [-0.2, -0.15) is 30.9 Å². The number of halogens is 8. The number of anilines is 2. The molecule has 0 bridgehead atoms. The summed E-state index contributed by atoms with van der Waals surface area (Å²) in [7, 11) is 0. The predicted molar refractivity (Wildman–Crippen MR) is 94.3 cm³/mol. The second-order valence-corrected chi connectivity index (χ2v) is 7.26. The third-order valence-electron chi connectivity index (χ3n) is 5.18. The minimum Gasteiger partial charge on any atom is -0.460 e. The Balaban J connectivity index is 1.90. The van der Waals surface area contributed by atoms with Gasteiger partial charge in [-0.05, 0) is 37.8 Å². The Kier molecular flexibility index (Phi) is 6.65. The second kappa shape index (κ2) is 8.91. The van der Waals surface area contributed by atoms with E-state index in [9.17, 15) is 35.1 Å². The van der Waals surface area contributed by atoms with Gasteiger partial charge in [0.2, 0.25) is 0 Å². The fourth-order valence-electron chi connectivity index (χ4n) is 3.73. The summed E-state index contributed by atoms with van der Waals surface area (Å²) in [5.41, 5.74) is -1.25. The van der Waals surface area contributed by atoms with E-state index in [1.165, 1.54) is 29.0 Å². The Morgan fingerprint density at radius 1 is 1.03 bits per heavy atom. The SMILES string of the molecule is FC(F)COc1c[nH]c(Nc2ccccc2C(F)(F)F)[n+]1C1CCC(C(F)(F)F)CC1. The average molecular weight is 458 g/mol. The Hall–Kier alpha value is -2.53. The number of alkyl halides is 8. The summed E-state index contributed by atoms with van der Waals surface area (Å²) in [4.78, 5) is 2.66. The third-order valence-corrected chi connectivity index (χ3v) is 5.18. The molecule has 0 radical (unpaired) electrons. The lowest BCUT2D eigenvalue weighted by Gasteiger charge is -2.29. The van der Waals surface area contributed by atoms with Crippen LogP contribution in [0.1, 0.15) is 37.3 Å². The van der Waals surface area contributed by atoms with E-state index in [0.29, 0.717) is 0 Å². The van der Waals surface area contributed by atoms with Crippen molar-refractivity contribution in [3.05, 3.63) is 36.0 Å². The summed E-state index contributed by atoms with van der Waals surface area (Å²) in [5, 5.41) is 2.59. The van der Waals surface area contributed by atoms with E-state index in [4.69, 9.17) is 4.74 Å². The first-order valence-corrected chi connectivity index (χ1v) is 9.50. The molecule has 4 nitrogen and oxygen atoms in total. The first-order valence-electron chi connectivity index (χ1n) is 9.50. The van der Waals surface area contributed by atoms with Crippen LogP contribution in [0.4, 0.5) is 46.8 Å². The first kappa shape index (κ1) is 23.1. The molecule has 31 heavy (non-hydrogen) atoms. The van der Waals surface area contributed by atoms with Gasteiger partial charge in [-0.1, -0.05) is 12.1 Å². The van der Waals surface area contributed by atoms with Gasteiger partial charge in [0.1, 0.15) is 11.9 Å². The summed E-state index contributed by atoms with van der Waals surface area (Å²) >= 11 is 0. The van der Waals surface area contributed by atoms with Crippen molar-refractivity contribution in [3.63, 3.8) is 0 Å². The predicted octanol–water partition coefficient (Wildman–Crippen LogP) is 6.00. The largest absolute Gasteiger partial charge is 0.460 e. The lowest BCUT2D eigenvalue weighted by molar-refractivity contribution is -0.716. The molecule has 0 aliphatic heterocycles. The standard InChI is InChI=1S/C19H19F8N3O/c20-15(21)10-31-16-9-28-17(29-14-4-2-1-3-13(14)19(25,26)27)30(16)12-7-5-11(6-8-12)18(22,23)24/h1-4,9,11-12,15H,5-8,10H2,(H,28,29)/p+1. The molecule has 12 heteroatoms. The highest BCUT2D eigenvalue weighted by Gasteiger charge is 2.43. The molecule has 1 heterocycles. The Morgan fingerprint density at radius 3 is 2.26 bits per heavy atom. The summed E-state index contributed by atoms with van der Waals surface area (Å²) in [6.07, 6.45) is -10.8. The molecule has 0 saturated heterocycles. The normalized spacial score (nSPS) is 20.2. The topological polar surface area (TPSA) is 40.9 Å². The number of aromatic nitrogens is 2. The molecule has 1 fully saturated rings. The lowest BCUT2D eigenvalue weighted by Crippen LogP contribution is -2.45. The zero-order chi connectivity index (χ0) is 22.8. The quantitative estimate of drug-likeness (QED) is 0.412. The Morgan fingerprint density at radius 2 is 1.68 bits per heavy atom. The molecule has 172 valence electrons. The molecule has 0 amide bonds. The van der Waals surface area contributed by atoms with Crippen molar-refractivity contribution in [2.45, 2.75) is 50.5 Å². The molecule has 1 aliphatic carbocycles. The molecule has 2 N–H and O–H groups in total. The molecule has 1 aromatic carbocycles. The second-order valence-electron chi connectivity index (χ2n) is 7.26. The smallest absolute Gasteiger partial charge is 0.419 e. The number of hydrogen-bond acceptors (Lipinski definition) is 2. The number of nitrogens with zero attached hydrogens (tertiary/aromatic N) is 1. The minimum absolute atomic E-state index is 0.00331. The van der Waals surface area contributed by atoms with Crippen LogP contribution in [-0.4, -0.2) is 24.2 Å². The molecule has 1 aliphatic rings. The minimum atomic E-state index is -4.65. The van der Waals surface area contributed by atoms with Gasteiger partial charge >= 0.3 is 18.3 Å². The fourth-order valence-corrected chi connectivity index (χ4v) is 3.73.